The molecule has 0 spiro atoms. The molecule has 2 amide bonds. The maximum Gasteiger partial charge on any atom is 0.240 e. The molecule has 0 aromatic heterocycles. The highest BCUT2D eigenvalue weighted by molar-refractivity contribution is 6.13. The number of carbonyl (C=O) groups excluding carboxylic acids is 2. The molecular formula is C18H24N2O4. The second kappa shape index (κ2) is 6.71. The van der Waals surface area contributed by atoms with E-state index in [9.17, 15) is 9.59 Å². The van der Waals surface area contributed by atoms with Gasteiger partial charge in [0.2, 0.25) is 11.8 Å². The van der Waals surface area contributed by atoms with Crippen LogP contribution in [0.5, 0.6) is 11.5 Å². The van der Waals surface area contributed by atoms with Crippen LogP contribution < -0.4 is 14.8 Å². The highest BCUT2D eigenvalue weighted by atomic mass is 16.5. The Morgan fingerprint density at radius 2 is 1.71 bits per heavy atom. The van der Waals surface area contributed by atoms with Gasteiger partial charge in [0.05, 0.1) is 14.2 Å². The molecule has 0 unspecified atom stereocenters. The molecule has 24 heavy (non-hydrogen) atoms. The molecule has 1 aliphatic carbocycles. The monoisotopic (exact) mass is 332 g/mol. The lowest BCUT2D eigenvalue weighted by molar-refractivity contribution is -0.143. The Kier molecular flexibility index (Phi) is 4.64. The van der Waals surface area contributed by atoms with Crippen LogP contribution in [0, 0.1) is 5.41 Å². The van der Waals surface area contributed by atoms with Crippen LogP contribution in [0.25, 0.3) is 0 Å². The Balaban J connectivity index is 1.71. The fourth-order valence-electron chi connectivity index (χ4n) is 3.23. The zero-order valence-corrected chi connectivity index (χ0v) is 14.3. The van der Waals surface area contributed by atoms with Crippen LogP contribution in [-0.2, 0) is 9.59 Å². The number of hydrogen-bond donors (Lipinski definition) is 1. The van der Waals surface area contributed by atoms with Crippen molar-refractivity contribution in [2.24, 2.45) is 5.41 Å². The van der Waals surface area contributed by atoms with E-state index in [0.717, 1.165) is 32.4 Å². The second-order valence-corrected chi connectivity index (χ2v) is 6.46. The van der Waals surface area contributed by atoms with E-state index < -0.39 is 5.41 Å². The quantitative estimate of drug-likeness (QED) is 0.841. The van der Waals surface area contributed by atoms with E-state index in [1.54, 1.807) is 32.4 Å². The Morgan fingerprint density at radius 3 is 2.29 bits per heavy atom. The number of hydrogen-bond acceptors (Lipinski definition) is 4. The van der Waals surface area contributed by atoms with Gasteiger partial charge in [0.1, 0.15) is 5.41 Å². The van der Waals surface area contributed by atoms with Crippen LogP contribution >= 0.6 is 0 Å². The van der Waals surface area contributed by atoms with Crippen LogP contribution in [0.1, 0.15) is 32.1 Å². The van der Waals surface area contributed by atoms with E-state index in [4.69, 9.17) is 9.47 Å². The Labute approximate surface area is 142 Å². The van der Waals surface area contributed by atoms with Crippen LogP contribution in [0.4, 0.5) is 5.69 Å². The largest absolute Gasteiger partial charge is 0.493 e. The number of likely N-dealkylation sites (tertiary alicyclic amines) is 1. The van der Waals surface area contributed by atoms with Gasteiger partial charge >= 0.3 is 0 Å². The van der Waals surface area contributed by atoms with Crippen molar-refractivity contribution >= 4 is 17.5 Å². The van der Waals surface area contributed by atoms with E-state index in [1.807, 2.05) is 4.90 Å². The molecule has 130 valence electrons. The van der Waals surface area contributed by atoms with Crippen LogP contribution in [-0.4, -0.2) is 44.0 Å². The van der Waals surface area contributed by atoms with Crippen molar-refractivity contribution < 1.29 is 19.1 Å². The van der Waals surface area contributed by atoms with Crippen LogP contribution in [0.2, 0.25) is 0 Å². The molecule has 1 aliphatic heterocycles. The number of nitrogens with one attached hydrogen (secondary N) is 1. The number of methoxy groups -OCH3 is 2. The molecule has 1 aromatic rings. The fraction of sp³-hybridized carbons (Fsp3) is 0.556. The van der Waals surface area contributed by atoms with Crippen molar-refractivity contribution in [3.8, 4) is 11.5 Å². The van der Waals surface area contributed by atoms with Crippen molar-refractivity contribution in [3.63, 3.8) is 0 Å². The number of rotatable bonds is 5. The van der Waals surface area contributed by atoms with E-state index in [-0.39, 0.29) is 11.8 Å². The molecule has 3 rings (SSSR count). The van der Waals surface area contributed by atoms with Crippen LogP contribution in [0.3, 0.4) is 0 Å². The second-order valence-electron chi connectivity index (χ2n) is 6.46. The first-order valence-electron chi connectivity index (χ1n) is 8.43. The Morgan fingerprint density at radius 1 is 1.04 bits per heavy atom. The van der Waals surface area contributed by atoms with Gasteiger partial charge in [0.25, 0.3) is 0 Å². The molecule has 1 saturated heterocycles. The maximum atomic E-state index is 12.8. The summed E-state index contributed by atoms with van der Waals surface area (Å²) >= 11 is 0. The summed E-state index contributed by atoms with van der Waals surface area (Å²) in [6.45, 7) is 1.54. The van der Waals surface area contributed by atoms with Crippen LogP contribution in [0.15, 0.2) is 18.2 Å². The summed E-state index contributed by atoms with van der Waals surface area (Å²) in [5.41, 5.74) is -0.264. The minimum absolute atomic E-state index is 0.0137. The van der Waals surface area contributed by atoms with Gasteiger partial charge in [-0.25, -0.2) is 0 Å². The van der Waals surface area contributed by atoms with Gasteiger partial charge < -0.3 is 19.7 Å². The summed E-state index contributed by atoms with van der Waals surface area (Å²) in [7, 11) is 3.11. The molecule has 1 aromatic carbocycles. The highest BCUT2D eigenvalue weighted by Gasteiger charge is 2.58. The first-order valence-corrected chi connectivity index (χ1v) is 8.43. The number of nitrogens with zero attached hydrogens (tertiary/aromatic N) is 1. The van der Waals surface area contributed by atoms with Gasteiger partial charge in [0.15, 0.2) is 11.5 Å². The topological polar surface area (TPSA) is 67.9 Å². The van der Waals surface area contributed by atoms with Crippen molar-refractivity contribution in [2.75, 3.05) is 32.6 Å². The minimum Gasteiger partial charge on any atom is -0.493 e. The molecule has 0 atom stereocenters. The third kappa shape index (κ3) is 3.05. The molecule has 6 nitrogen and oxygen atoms in total. The number of carbonyl (C=O) groups is 2. The summed E-state index contributed by atoms with van der Waals surface area (Å²) in [5, 5.41) is 2.87. The summed E-state index contributed by atoms with van der Waals surface area (Å²) in [6.07, 6.45) is 4.47. The third-order valence-corrected chi connectivity index (χ3v) is 4.88. The van der Waals surface area contributed by atoms with Gasteiger partial charge in [-0.2, -0.15) is 0 Å². The van der Waals surface area contributed by atoms with E-state index in [0.29, 0.717) is 30.0 Å². The smallest absolute Gasteiger partial charge is 0.240 e. The fourth-order valence-corrected chi connectivity index (χ4v) is 3.23. The highest BCUT2D eigenvalue weighted by Crippen LogP contribution is 2.48. The number of ether oxygens (including phenoxy) is 2. The molecule has 6 heteroatoms. The molecule has 2 fully saturated rings. The molecule has 2 aliphatic rings. The average Bonchev–Trinajstić information content (AvgIpc) is 3.43. The summed E-state index contributed by atoms with van der Waals surface area (Å²) in [4.78, 5) is 27.3. The Hall–Kier alpha value is -2.24. The molecule has 0 radical (unpaired) electrons. The predicted molar refractivity (Wildman–Crippen MR) is 90.3 cm³/mol. The van der Waals surface area contributed by atoms with Gasteiger partial charge in [0, 0.05) is 24.8 Å². The number of piperidine rings is 1. The van der Waals surface area contributed by atoms with E-state index in [1.165, 1.54) is 0 Å². The first-order chi connectivity index (χ1) is 11.6. The number of benzene rings is 1. The van der Waals surface area contributed by atoms with Crippen molar-refractivity contribution in [3.05, 3.63) is 18.2 Å². The Bertz CT molecular complexity index is 634. The normalized spacial score (nSPS) is 18.7. The van der Waals surface area contributed by atoms with Gasteiger partial charge in [-0.3, -0.25) is 9.59 Å². The molecule has 1 saturated carbocycles. The summed E-state index contributed by atoms with van der Waals surface area (Å²) in [6, 6.07) is 5.19. The van der Waals surface area contributed by atoms with Crippen molar-refractivity contribution in [1.29, 1.82) is 0 Å². The average molecular weight is 332 g/mol. The zero-order valence-electron chi connectivity index (χ0n) is 14.3. The lowest BCUT2D eigenvalue weighted by Gasteiger charge is -2.30. The predicted octanol–water partition coefficient (Wildman–Crippen LogP) is 2.44. The molecule has 1 N–H and O–H groups in total. The number of amides is 2. The molecule has 1 heterocycles. The summed E-state index contributed by atoms with van der Waals surface area (Å²) < 4.78 is 10.4. The third-order valence-electron chi connectivity index (χ3n) is 4.88. The van der Waals surface area contributed by atoms with Crippen molar-refractivity contribution in [1.82, 2.24) is 4.90 Å². The molecular weight excluding hydrogens is 308 g/mol. The van der Waals surface area contributed by atoms with E-state index in [2.05, 4.69) is 5.32 Å². The van der Waals surface area contributed by atoms with Crippen molar-refractivity contribution in [2.45, 2.75) is 32.1 Å². The minimum atomic E-state index is -0.871. The lowest BCUT2D eigenvalue weighted by atomic mass is 10.0. The zero-order chi connectivity index (χ0) is 17.2. The molecule has 0 bridgehead atoms. The lowest BCUT2D eigenvalue weighted by Crippen LogP contribution is -2.45. The van der Waals surface area contributed by atoms with Gasteiger partial charge in [-0.1, -0.05) is 0 Å². The summed E-state index contributed by atoms with van der Waals surface area (Å²) in [5.74, 6) is 0.911. The SMILES string of the molecule is COc1ccc(NC(=O)C2(C(=O)N3CCCCC3)CC2)cc1OC. The number of anilines is 1. The first kappa shape index (κ1) is 16.6. The van der Waals surface area contributed by atoms with E-state index >= 15 is 0 Å². The van der Waals surface area contributed by atoms with Gasteiger partial charge in [-0.05, 0) is 44.2 Å². The maximum absolute atomic E-state index is 12.8. The standard InChI is InChI=1S/C18H24N2O4/c1-23-14-7-6-13(12-15(14)24-2)19-16(21)18(8-9-18)17(22)20-10-4-3-5-11-20/h6-7,12H,3-5,8-11H2,1-2H3,(H,19,21). The van der Waals surface area contributed by atoms with Gasteiger partial charge in [-0.15, -0.1) is 0 Å².